The third kappa shape index (κ3) is 0.869. The summed E-state index contributed by atoms with van der Waals surface area (Å²) in [7, 11) is 0. The number of hydrogen-bond acceptors (Lipinski definition) is 2. The van der Waals surface area contributed by atoms with E-state index in [-0.39, 0.29) is 11.8 Å². The van der Waals surface area contributed by atoms with E-state index in [4.69, 9.17) is 4.74 Å². The van der Waals surface area contributed by atoms with Crippen molar-refractivity contribution < 1.29 is 13.9 Å². The number of rotatable bonds is 0. The van der Waals surface area contributed by atoms with Crippen molar-refractivity contribution in [3.8, 4) is 5.75 Å². The van der Waals surface area contributed by atoms with Gasteiger partial charge in [-0.1, -0.05) is 15.9 Å². The molecule has 2 aliphatic rings. The fraction of sp³-hybridized carbons (Fsp3) is 0.300. The number of carbonyl (C=O) groups excluding carboxylic acids is 1. The number of hydrogen-bond donors (Lipinski definition) is 0. The molecule has 1 saturated carbocycles. The van der Waals surface area contributed by atoms with Gasteiger partial charge in [0.1, 0.15) is 11.6 Å². The lowest BCUT2D eigenvalue weighted by molar-refractivity contribution is -0.135. The molecule has 0 radical (unpaired) electrons. The van der Waals surface area contributed by atoms with Crippen molar-refractivity contribution >= 4 is 21.9 Å². The minimum absolute atomic E-state index is 0.301. The van der Waals surface area contributed by atoms with E-state index < -0.39 is 5.41 Å². The zero-order chi connectivity index (χ0) is 9.92. The predicted octanol–water partition coefficient (Wildman–Crippen LogP) is 2.54. The van der Waals surface area contributed by atoms with Crippen LogP contribution in [0.4, 0.5) is 4.39 Å². The summed E-state index contributed by atoms with van der Waals surface area (Å²) >= 11 is 3.16. The molecule has 1 aromatic rings. The molecule has 4 heteroatoms. The lowest BCUT2D eigenvalue weighted by Gasteiger charge is -2.03. The van der Waals surface area contributed by atoms with Gasteiger partial charge in [0.05, 0.1) is 5.41 Å². The molecule has 0 amide bonds. The normalized spacial score (nSPS) is 20.9. The molecule has 0 unspecified atom stereocenters. The molecule has 3 rings (SSSR count). The summed E-state index contributed by atoms with van der Waals surface area (Å²) < 4.78 is 19.2. The van der Waals surface area contributed by atoms with Gasteiger partial charge in [-0.05, 0) is 25.0 Å². The second-order valence-corrected chi connectivity index (χ2v) is 4.65. The average molecular weight is 257 g/mol. The van der Waals surface area contributed by atoms with Gasteiger partial charge in [0.15, 0.2) is 0 Å². The molecule has 1 fully saturated rings. The molecule has 0 atom stereocenters. The fourth-order valence-electron chi connectivity index (χ4n) is 1.97. The van der Waals surface area contributed by atoms with Gasteiger partial charge in [0, 0.05) is 10.0 Å². The van der Waals surface area contributed by atoms with Crippen LogP contribution in [0.25, 0.3) is 0 Å². The van der Waals surface area contributed by atoms with Crippen LogP contribution >= 0.6 is 15.9 Å². The Bertz CT molecular complexity index is 452. The first-order valence-corrected chi connectivity index (χ1v) is 5.15. The van der Waals surface area contributed by atoms with Crippen LogP contribution in [0, 0.1) is 5.82 Å². The summed E-state index contributed by atoms with van der Waals surface area (Å²) in [5.74, 6) is -0.276. The average Bonchev–Trinajstić information content (AvgIpc) is 2.78. The highest BCUT2D eigenvalue weighted by Crippen LogP contribution is 2.57. The van der Waals surface area contributed by atoms with E-state index in [9.17, 15) is 9.18 Å². The lowest BCUT2D eigenvalue weighted by Crippen LogP contribution is -2.17. The number of benzene rings is 1. The first-order valence-electron chi connectivity index (χ1n) is 4.35. The van der Waals surface area contributed by atoms with Crippen molar-refractivity contribution in [1.29, 1.82) is 0 Å². The molecule has 1 aliphatic heterocycles. The van der Waals surface area contributed by atoms with Gasteiger partial charge >= 0.3 is 5.97 Å². The third-order valence-electron chi connectivity index (χ3n) is 2.84. The van der Waals surface area contributed by atoms with Crippen LogP contribution in [0.2, 0.25) is 0 Å². The molecule has 1 aromatic carbocycles. The molecule has 14 heavy (non-hydrogen) atoms. The molecule has 1 aliphatic carbocycles. The first kappa shape index (κ1) is 8.41. The molecule has 1 heterocycles. The summed E-state index contributed by atoms with van der Waals surface area (Å²) in [5.41, 5.74) is -0.189. The maximum atomic E-state index is 13.6. The van der Waals surface area contributed by atoms with Crippen molar-refractivity contribution in [3.05, 3.63) is 28.0 Å². The van der Waals surface area contributed by atoms with Gasteiger partial charge in [-0.2, -0.15) is 0 Å². The summed E-state index contributed by atoms with van der Waals surface area (Å²) in [6.07, 6.45) is 1.41. The van der Waals surface area contributed by atoms with Gasteiger partial charge in [0.2, 0.25) is 0 Å². The van der Waals surface area contributed by atoms with Gasteiger partial charge < -0.3 is 4.74 Å². The van der Waals surface area contributed by atoms with E-state index in [1.807, 2.05) is 0 Å². The molecule has 0 N–H and O–H groups in total. The summed E-state index contributed by atoms with van der Waals surface area (Å²) in [6.45, 7) is 0. The number of halogens is 2. The molecular formula is C10H6BrFO2. The van der Waals surface area contributed by atoms with Crippen molar-refractivity contribution in [2.75, 3.05) is 0 Å². The second-order valence-electron chi connectivity index (χ2n) is 3.73. The number of ether oxygens (including phenoxy) is 1. The van der Waals surface area contributed by atoms with Crippen LogP contribution in [-0.2, 0) is 10.2 Å². The second kappa shape index (κ2) is 2.37. The van der Waals surface area contributed by atoms with Crippen LogP contribution in [-0.4, -0.2) is 5.97 Å². The van der Waals surface area contributed by atoms with E-state index in [0.717, 1.165) is 0 Å². The van der Waals surface area contributed by atoms with Gasteiger partial charge in [-0.3, -0.25) is 4.79 Å². The SMILES string of the molecule is O=C1Oc2cc(Br)cc(F)c2C12CC2. The van der Waals surface area contributed by atoms with Crippen molar-refractivity contribution in [2.45, 2.75) is 18.3 Å². The maximum absolute atomic E-state index is 13.6. The number of fused-ring (bicyclic) bond motifs is 2. The van der Waals surface area contributed by atoms with Crippen molar-refractivity contribution in [2.24, 2.45) is 0 Å². The first-order chi connectivity index (χ1) is 6.63. The zero-order valence-electron chi connectivity index (χ0n) is 7.14. The van der Waals surface area contributed by atoms with Crippen molar-refractivity contribution in [3.63, 3.8) is 0 Å². The molecule has 72 valence electrons. The van der Waals surface area contributed by atoms with Crippen LogP contribution < -0.4 is 4.74 Å². The van der Waals surface area contributed by atoms with Gasteiger partial charge in [-0.25, -0.2) is 4.39 Å². The maximum Gasteiger partial charge on any atom is 0.322 e. The van der Waals surface area contributed by atoms with E-state index >= 15 is 0 Å². The van der Waals surface area contributed by atoms with Gasteiger partial charge in [0.25, 0.3) is 0 Å². The fourth-order valence-corrected chi connectivity index (χ4v) is 2.38. The topological polar surface area (TPSA) is 26.3 Å². The number of carbonyl (C=O) groups is 1. The van der Waals surface area contributed by atoms with E-state index in [1.54, 1.807) is 6.07 Å². The van der Waals surface area contributed by atoms with E-state index in [1.165, 1.54) is 6.07 Å². The highest BCUT2D eigenvalue weighted by molar-refractivity contribution is 9.10. The Morgan fingerprint density at radius 1 is 1.43 bits per heavy atom. The summed E-state index contributed by atoms with van der Waals surface area (Å²) in [6, 6.07) is 3.02. The van der Waals surface area contributed by atoms with Gasteiger partial charge in [-0.15, -0.1) is 0 Å². The minimum Gasteiger partial charge on any atom is -0.425 e. The third-order valence-corrected chi connectivity index (χ3v) is 3.30. The standard InChI is InChI=1S/C10H6BrFO2/c11-5-3-6(12)8-7(4-5)14-9(13)10(8)1-2-10/h3-4H,1-2H2. The van der Waals surface area contributed by atoms with Crippen LogP contribution in [0.15, 0.2) is 16.6 Å². The van der Waals surface area contributed by atoms with E-state index in [0.29, 0.717) is 28.6 Å². The Kier molecular flexibility index (Phi) is 1.42. The predicted molar refractivity (Wildman–Crippen MR) is 50.6 cm³/mol. The van der Waals surface area contributed by atoms with Crippen LogP contribution in [0.5, 0.6) is 5.75 Å². The Balaban J connectivity index is 2.28. The Morgan fingerprint density at radius 2 is 2.14 bits per heavy atom. The Morgan fingerprint density at radius 3 is 2.79 bits per heavy atom. The largest absolute Gasteiger partial charge is 0.425 e. The monoisotopic (exact) mass is 256 g/mol. The lowest BCUT2D eigenvalue weighted by atomic mass is 9.97. The van der Waals surface area contributed by atoms with Crippen LogP contribution in [0.3, 0.4) is 0 Å². The highest BCUT2D eigenvalue weighted by atomic mass is 79.9. The molecule has 0 saturated heterocycles. The highest BCUT2D eigenvalue weighted by Gasteiger charge is 2.60. The van der Waals surface area contributed by atoms with Crippen molar-refractivity contribution in [1.82, 2.24) is 0 Å². The quantitative estimate of drug-likeness (QED) is 0.527. The molecule has 2 nitrogen and oxygen atoms in total. The molecule has 1 spiro atoms. The molecule has 0 bridgehead atoms. The Labute approximate surface area is 88.2 Å². The Hall–Kier alpha value is -0.900. The molecule has 0 aromatic heterocycles. The minimum atomic E-state index is -0.639. The smallest absolute Gasteiger partial charge is 0.322 e. The summed E-state index contributed by atoms with van der Waals surface area (Å²) in [4.78, 5) is 11.5. The van der Waals surface area contributed by atoms with E-state index in [2.05, 4.69) is 15.9 Å². The molecular weight excluding hydrogens is 251 g/mol. The summed E-state index contributed by atoms with van der Waals surface area (Å²) in [5, 5.41) is 0. The number of esters is 1. The van der Waals surface area contributed by atoms with Crippen LogP contribution in [0.1, 0.15) is 18.4 Å². The zero-order valence-corrected chi connectivity index (χ0v) is 8.73.